The molecular weight excluding hydrogens is 270 g/mol. The second-order valence-corrected chi connectivity index (χ2v) is 4.76. The number of amides is 1. The van der Waals surface area contributed by atoms with Gasteiger partial charge in [0.15, 0.2) is 5.69 Å². The van der Waals surface area contributed by atoms with Crippen molar-refractivity contribution in [3.63, 3.8) is 0 Å². The molecule has 1 atom stereocenters. The van der Waals surface area contributed by atoms with Crippen LogP contribution in [0.15, 0.2) is 42.6 Å². The molecule has 6 heteroatoms. The number of carboxylic acids is 1. The van der Waals surface area contributed by atoms with Crippen LogP contribution in [0, 0.1) is 5.92 Å². The summed E-state index contributed by atoms with van der Waals surface area (Å²) in [6.07, 6.45) is 2.10. The smallest absolute Gasteiger partial charge is 0.306 e. The van der Waals surface area contributed by atoms with Crippen molar-refractivity contribution in [1.82, 2.24) is 15.1 Å². The van der Waals surface area contributed by atoms with Crippen LogP contribution in [0.2, 0.25) is 0 Å². The first-order valence-electron chi connectivity index (χ1n) is 6.70. The molecule has 1 aromatic heterocycles. The molecule has 1 unspecified atom stereocenters. The SMILES string of the molecule is CC(CCNC(=O)c1ccn(-c2ccccc2)n1)C(=O)O. The average molecular weight is 287 g/mol. The lowest BCUT2D eigenvalue weighted by atomic mass is 10.1. The van der Waals surface area contributed by atoms with E-state index in [-0.39, 0.29) is 5.91 Å². The second-order valence-electron chi connectivity index (χ2n) is 4.76. The lowest BCUT2D eigenvalue weighted by Gasteiger charge is -2.06. The number of hydrogen-bond donors (Lipinski definition) is 2. The van der Waals surface area contributed by atoms with Gasteiger partial charge < -0.3 is 10.4 Å². The summed E-state index contributed by atoms with van der Waals surface area (Å²) in [5.41, 5.74) is 1.18. The van der Waals surface area contributed by atoms with Crippen molar-refractivity contribution in [2.24, 2.45) is 5.92 Å². The van der Waals surface area contributed by atoms with E-state index in [1.807, 2.05) is 30.3 Å². The number of nitrogens with one attached hydrogen (secondary N) is 1. The first kappa shape index (κ1) is 14.8. The summed E-state index contributed by atoms with van der Waals surface area (Å²) in [5, 5.41) is 15.6. The van der Waals surface area contributed by atoms with Crippen molar-refractivity contribution >= 4 is 11.9 Å². The zero-order valence-electron chi connectivity index (χ0n) is 11.7. The van der Waals surface area contributed by atoms with Gasteiger partial charge in [0.1, 0.15) is 0 Å². The number of carboxylic acid groups (broad SMARTS) is 1. The number of aliphatic carboxylic acids is 1. The van der Waals surface area contributed by atoms with Gasteiger partial charge in [0.05, 0.1) is 11.6 Å². The number of nitrogens with zero attached hydrogens (tertiary/aromatic N) is 2. The van der Waals surface area contributed by atoms with E-state index in [9.17, 15) is 9.59 Å². The zero-order valence-corrected chi connectivity index (χ0v) is 11.7. The third kappa shape index (κ3) is 3.92. The summed E-state index contributed by atoms with van der Waals surface area (Å²) < 4.78 is 1.62. The minimum atomic E-state index is -0.863. The number of benzene rings is 1. The largest absolute Gasteiger partial charge is 0.481 e. The minimum absolute atomic E-state index is 0.303. The highest BCUT2D eigenvalue weighted by atomic mass is 16.4. The van der Waals surface area contributed by atoms with Crippen molar-refractivity contribution in [2.45, 2.75) is 13.3 Å². The van der Waals surface area contributed by atoms with E-state index in [2.05, 4.69) is 10.4 Å². The molecule has 2 aromatic rings. The highest BCUT2D eigenvalue weighted by Crippen LogP contribution is 2.07. The maximum atomic E-state index is 11.9. The average Bonchev–Trinajstić information content (AvgIpc) is 2.97. The molecule has 1 amide bonds. The van der Waals surface area contributed by atoms with Crippen LogP contribution in [0.4, 0.5) is 0 Å². The van der Waals surface area contributed by atoms with Gasteiger partial charge in [-0.05, 0) is 24.6 Å². The van der Waals surface area contributed by atoms with Gasteiger partial charge in [-0.2, -0.15) is 5.10 Å². The molecule has 21 heavy (non-hydrogen) atoms. The van der Waals surface area contributed by atoms with E-state index in [4.69, 9.17) is 5.11 Å². The molecule has 2 N–H and O–H groups in total. The lowest BCUT2D eigenvalue weighted by molar-refractivity contribution is -0.141. The Kier molecular flexibility index (Phi) is 4.71. The van der Waals surface area contributed by atoms with Crippen LogP contribution in [-0.4, -0.2) is 33.3 Å². The molecule has 0 radical (unpaired) electrons. The first-order chi connectivity index (χ1) is 10.1. The third-order valence-electron chi connectivity index (χ3n) is 3.13. The van der Waals surface area contributed by atoms with Gasteiger partial charge in [-0.3, -0.25) is 9.59 Å². The molecule has 0 aliphatic rings. The topological polar surface area (TPSA) is 84.2 Å². The molecule has 2 rings (SSSR count). The number of carbonyl (C=O) groups is 2. The normalized spacial score (nSPS) is 11.9. The van der Waals surface area contributed by atoms with E-state index < -0.39 is 11.9 Å². The Labute approximate surface area is 122 Å². The summed E-state index contributed by atoms with van der Waals surface area (Å²) in [7, 11) is 0. The van der Waals surface area contributed by atoms with Gasteiger partial charge in [-0.25, -0.2) is 4.68 Å². The lowest BCUT2D eigenvalue weighted by Crippen LogP contribution is -2.27. The summed E-state index contributed by atoms with van der Waals surface area (Å²) in [4.78, 5) is 22.6. The fraction of sp³-hybridized carbons (Fsp3) is 0.267. The zero-order chi connectivity index (χ0) is 15.2. The maximum Gasteiger partial charge on any atom is 0.306 e. The highest BCUT2D eigenvalue weighted by molar-refractivity contribution is 5.92. The molecule has 6 nitrogen and oxygen atoms in total. The number of rotatable bonds is 6. The molecule has 110 valence electrons. The molecule has 1 aromatic carbocycles. The predicted molar refractivity (Wildman–Crippen MR) is 77.3 cm³/mol. The highest BCUT2D eigenvalue weighted by Gasteiger charge is 2.13. The molecule has 0 spiro atoms. The quantitative estimate of drug-likeness (QED) is 0.847. The van der Waals surface area contributed by atoms with Crippen LogP contribution in [0.3, 0.4) is 0 Å². The van der Waals surface area contributed by atoms with Crippen LogP contribution in [0.1, 0.15) is 23.8 Å². The van der Waals surface area contributed by atoms with Crippen LogP contribution >= 0.6 is 0 Å². The fourth-order valence-corrected chi connectivity index (χ4v) is 1.79. The molecule has 0 aliphatic heterocycles. The molecule has 0 saturated heterocycles. The molecule has 0 aliphatic carbocycles. The molecule has 0 bridgehead atoms. The molecule has 0 fully saturated rings. The van der Waals surface area contributed by atoms with Gasteiger partial charge in [0, 0.05) is 12.7 Å². The number of aromatic nitrogens is 2. The van der Waals surface area contributed by atoms with E-state index in [0.717, 1.165) is 5.69 Å². The Balaban J connectivity index is 1.92. The standard InChI is InChI=1S/C15H17N3O3/c1-11(15(20)21)7-9-16-14(19)13-8-10-18(17-13)12-5-3-2-4-6-12/h2-6,8,10-11H,7,9H2,1H3,(H,16,19)(H,20,21). The Morgan fingerprint density at radius 2 is 2.00 bits per heavy atom. The van der Waals surface area contributed by atoms with Crippen molar-refractivity contribution in [2.75, 3.05) is 6.54 Å². The van der Waals surface area contributed by atoms with Gasteiger partial charge in [0.25, 0.3) is 5.91 Å². The Morgan fingerprint density at radius 1 is 1.29 bits per heavy atom. The van der Waals surface area contributed by atoms with Gasteiger partial charge in [-0.15, -0.1) is 0 Å². The number of para-hydroxylation sites is 1. The van der Waals surface area contributed by atoms with Gasteiger partial charge >= 0.3 is 5.97 Å². The van der Waals surface area contributed by atoms with Gasteiger partial charge in [0.2, 0.25) is 0 Å². The van der Waals surface area contributed by atoms with E-state index >= 15 is 0 Å². The summed E-state index contributed by atoms with van der Waals surface area (Å²) in [5.74, 6) is -1.65. The van der Waals surface area contributed by atoms with Crippen LogP contribution < -0.4 is 5.32 Å². The van der Waals surface area contributed by atoms with E-state index in [1.165, 1.54) is 0 Å². The first-order valence-corrected chi connectivity index (χ1v) is 6.70. The summed E-state index contributed by atoms with van der Waals surface area (Å²) in [6.45, 7) is 1.92. The Hall–Kier alpha value is -2.63. The van der Waals surface area contributed by atoms with Crippen molar-refractivity contribution in [3.05, 3.63) is 48.3 Å². The van der Waals surface area contributed by atoms with E-state index in [0.29, 0.717) is 18.7 Å². The van der Waals surface area contributed by atoms with Crippen molar-refractivity contribution in [1.29, 1.82) is 0 Å². The van der Waals surface area contributed by atoms with Gasteiger partial charge in [-0.1, -0.05) is 25.1 Å². The Morgan fingerprint density at radius 3 is 2.67 bits per heavy atom. The Bertz CT molecular complexity index is 622. The van der Waals surface area contributed by atoms with Crippen molar-refractivity contribution in [3.8, 4) is 5.69 Å². The van der Waals surface area contributed by atoms with E-state index in [1.54, 1.807) is 23.9 Å². The van der Waals surface area contributed by atoms with Crippen molar-refractivity contribution < 1.29 is 14.7 Å². The predicted octanol–water partition coefficient (Wildman–Crippen LogP) is 1.71. The number of carbonyl (C=O) groups excluding carboxylic acids is 1. The third-order valence-corrected chi connectivity index (χ3v) is 3.13. The monoisotopic (exact) mass is 287 g/mol. The minimum Gasteiger partial charge on any atom is -0.481 e. The molecular formula is C15H17N3O3. The van der Waals surface area contributed by atoms with Crippen LogP contribution in [-0.2, 0) is 4.79 Å². The van der Waals surface area contributed by atoms with Crippen LogP contribution in [0.5, 0.6) is 0 Å². The molecule has 1 heterocycles. The van der Waals surface area contributed by atoms with Crippen LogP contribution in [0.25, 0.3) is 5.69 Å². The second kappa shape index (κ2) is 6.69. The summed E-state index contributed by atoms with van der Waals surface area (Å²) in [6, 6.07) is 11.1. The fourth-order valence-electron chi connectivity index (χ4n) is 1.79. The number of hydrogen-bond acceptors (Lipinski definition) is 3. The molecule has 0 saturated carbocycles. The summed E-state index contributed by atoms with van der Waals surface area (Å²) >= 11 is 0. The maximum absolute atomic E-state index is 11.9.